The van der Waals surface area contributed by atoms with Crippen molar-refractivity contribution in [2.45, 2.75) is 84.6 Å². The third-order valence-corrected chi connectivity index (χ3v) is 8.73. The van der Waals surface area contributed by atoms with Gasteiger partial charge in [0.1, 0.15) is 0 Å². The third-order valence-electron chi connectivity index (χ3n) is 8.73. The van der Waals surface area contributed by atoms with Gasteiger partial charge < -0.3 is 10.6 Å². The lowest BCUT2D eigenvalue weighted by Crippen LogP contribution is -2.62. The van der Waals surface area contributed by atoms with Crippen molar-refractivity contribution < 1.29 is 9.59 Å². The van der Waals surface area contributed by atoms with Crippen molar-refractivity contribution in [2.75, 3.05) is 6.54 Å². The maximum atomic E-state index is 13.1. The van der Waals surface area contributed by atoms with Crippen LogP contribution in [-0.2, 0) is 9.59 Å². The molecule has 4 heteroatoms. The molecule has 3 aliphatic carbocycles. The highest BCUT2D eigenvalue weighted by Crippen LogP contribution is 2.64. The lowest BCUT2D eigenvalue weighted by molar-refractivity contribution is -0.128. The summed E-state index contributed by atoms with van der Waals surface area (Å²) in [6.45, 7) is 7.61. The second-order valence-corrected chi connectivity index (χ2v) is 10.1. The van der Waals surface area contributed by atoms with E-state index in [1.165, 1.54) is 38.5 Å². The van der Waals surface area contributed by atoms with E-state index in [2.05, 4.69) is 31.4 Å². The first-order chi connectivity index (χ1) is 12.9. The van der Waals surface area contributed by atoms with Crippen molar-refractivity contribution in [3.8, 4) is 0 Å². The molecule has 2 N–H and O–H groups in total. The predicted octanol–water partition coefficient (Wildman–Crippen LogP) is 3.96. The van der Waals surface area contributed by atoms with Crippen LogP contribution in [0, 0.1) is 28.6 Å². The van der Waals surface area contributed by atoms with Crippen LogP contribution < -0.4 is 10.6 Å². The Hall–Kier alpha value is -1.32. The first-order valence-electron chi connectivity index (χ1n) is 11.2. The van der Waals surface area contributed by atoms with Crippen molar-refractivity contribution in [3.05, 3.63) is 11.6 Å². The van der Waals surface area contributed by atoms with Crippen molar-refractivity contribution in [1.29, 1.82) is 0 Å². The van der Waals surface area contributed by atoms with E-state index in [0.717, 1.165) is 30.8 Å². The second kappa shape index (κ2) is 6.93. The first-order valence-corrected chi connectivity index (χ1v) is 11.2. The molecule has 0 bridgehead atoms. The summed E-state index contributed by atoms with van der Waals surface area (Å²) >= 11 is 0. The van der Waals surface area contributed by atoms with Crippen LogP contribution in [0.2, 0.25) is 0 Å². The maximum Gasteiger partial charge on any atom is 0.248 e. The molecule has 4 rings (SSSR count). The summed E-state index contributed by atoms with van der Waals surface area (Å²) in [6.07, 6.45) is 12.4. The smallest absolute Gasteiger partial charge is 0.248 e. The molecule has 4 nitrogen and oxygen atoms in total. The van der Waals surface area contributed by atoms with E-state index >= 15 is 0 Å². The van der Waals surface area contributed by atoms with Crippen molar-refractivity contribution in [3.63, 3.8) is 0 Å². The zero-order valence-electron chi connectivity index (χ0n) is 17.3. The number of carbonyl (C=O) groups is 2. The van der Waals surface area contributed by atoms with Gasteiger partial charge in [-0.3, -0.25) is 9.59 Å². The van der Waals surface area contributed by atoms with Gasteiger partial charge in [0.25, 0.3) is 0 Å². The number of nitrogens with one attached hydrogen (secondary N) is 2. The van der Waals surface area contributed by atoms with E-state index in [-0.39, 0.29) is 23.3 Å². The molecule has 0 unspecified atom stereocenters. The number of unbranched alkanes of at least 4 members (excludes halogenated alkanes) is 1. The van der Waals surface area contributed by atoms with Gasteiger partial charge in [0.2, 0.25) is 11.8 Å². The summed E-state index contributed by atoms with van der Waals surface area (Å²) in [5.74, 6) is 1.92. The fourth-order valence-electron chi connectivity index (χ4n) is 7.24. The Labute approximate surface area is 163 Å². The maximum absolute atomic E-state index is 13.1. The minimum absolute atomic E-state index is 0.00814. The van der Waals surface area contributed by atoms with Gasteiger partial charge in [0.05, 0.1) is 0 Å². The minimum Gasteiger partial charge on any atom is -0.352 e. The van der Waals surface area contributed by atoms with Crippen LogP contribution in [0.25, 0.3) is 0 Å². The zero-order chi connectivity index (χ0) is 19.2. The summed E-state index contributed by atoms with van der Waals surface area (Å²) in [7, 11) is 0. The summed E-state index contributed by atoms with van der Waals surface area (Å²) < 4.78 is 0. The van der Waals surface area contributed by atoms with Gasteiger partial charge in [0, 0.05) is 29.7 Å². The topological polar surface area (TPSA) is 58.2 Å². The monoisotopic (exact) mass is 372 g/mol. The molecule has 0 saturated heterocycles. The fourth-order valence-corrected chi connectivity index (χ4v) is 7.24. The third kappa shape index (κ3) is 2.94. The van der Waals surface area contributed by atoms with Crippen LogP contribution in [0.1, 0.15) is 78.6 Å². The highest BCUT2D eigenvalue weighted by molar-refractivity contribution is 6.03. The molecule has 6 atom stereocenters. The van der Waals surface area contributed by atoms with Crippen LogP contribution in [0.3, 0.4) is 0 Å². The van der Waals surface area contributed by atoms with Gasteiger partial charge in [-0.15, -0.1) is 0 Å². The van der Waals surface area contributed by atoms with Gasteiger partial charge in [-0.25, -0.2) is 0 Å². The lowest BCUT2D eigenvalue weighted by atomic mass is 9.47. The van der Waals surface area contributed by atoms with E-state index in [9.17, 15) is 9.59 Å². The molecule has 0 radical (unpaired) electrons. The van der Waals surface area contributed by atoms with E-state index in [1.807, 2.05) is 0 Å². The summed E-state index contributed by atoms with van der Waals surface area (Å²) in [4.78, 5) is 25.4. The predicted molar refractivity (Wildman–Crippen MR) is 107 cm³/mol. The molecule has 2 amide bonds. The van der Waals surface area contributed by atoms with Crippen LogP contribution in [-0.4, -0.2) is 24.4 Å². The Morgan fingerprint density at radius 2 is 2.00 bits per heavy atom. The average Bonchev–Trinajstić information content (AvgIpc) is 3.03. The van der Waals surface area contributed by atoms with Gasteiger partial charge >= 0.3 is 0 Å². The number of carbonyl (C=O) groups excluding carboxylic acids is 2. The molecule has 4 aliphatic rings. The molecule has 0 aromatic heterocycles. The Kier molecular flexibility index (Phi) is 4.88. The zero-order valence-corrected chi connectivity index (χ0v) is 17.3. The van der Waals surface area contributed by atoms with Crippen molar-refractivity contribution >= 4 is 11.8 Å². The lowest BCUT2D eigenvalue weighted by Gasteiger charge is -2.59. The van der Waals surface area contributed by atoms with Crippen LogP contribution in [0.4, 0.5) is 0 Å². The summed E-state index contributed by atoms with van der Waals surface area (Å²) in [5, 5.41) is 6.31. The van der Waals surface area contributed by atoms with Crippen LogP contribution in [0.5, 0.6) is 0 Å². The molecule has 150 valence electrons. The highest BCUT2D eigenvalue weighted by atomic mass is 16.2. The van der Waals surface area contributed by atoms with Gasteiger partial charge in [0.15, 0.2) is 0 Å². The Morgan fingerprint density at radius 1 is 1.19 bits per heavy atom. The standard InChI is InChI=1S/C23H36N2O2/c1-4-5-13-24-21(27)18-14-20(26)25-19-9-8-15-16-7-6-11-22(16,2)12-10-17(15)23(18,19)3/h14-17,19H,4-13H2,1-3H3,(H,24,27)(H,25,26)/t15-,16-,17-,19+,22-,23-/m0/s1. The van der Waals surface area contributed by atoms with E-state index in [4.69, 9.17) is 0 Å². The van der Waals surface area contributed by atoms with Crippen molar-refractivity contribution in [2.24, 2.45) is 28.6 Å². The van der Waals surface area contributed by atoms with Gasteiger partial charge in [-0.05, 0) is 68.1 Å². The molecule has 0 aromatic rings. The van der Waals surface area contributed by atoms with Crippen LogP contribution in [0.15, 0.2) is 11.6 Å². The molecular formula is C23H36N2O2. The normalized spacial score (nSPS) is 43.1. The summed E-state index contributed by atoms with van der Waals surface area (Å²) in [6, 6.07) is 0.105. The molecule has 3 saturated carbocycles. The van der Waals surface area contributed by atoms with Crippen molar-refractivity contribution in [1.82, 2.24) is 10.6 Å². The summed E-state index contributed by atoms with van der Waals surface area (Å²) in [5.41, 5.74) is 1.04. The average molecular weight is 373 g/mol. The van der Waals surface area contributed by atoms with E-state index in [1.54, 1.807) is 6.08 Å². The SMILES string of the molecule is CCCCNC(=O)C1=CC(=O)N[C@@H]2CC[C@H]3[C@@H]4CCC[C@@]4(C)CC[C@@H]3[C@@]12C. The molecule has 27 heavy (non-hydrogen) atoms. The van der Waals surface area contributed by atoms with Gasteiger partial charge in [-0.1, -0.05) is 33.6 Å². The Balaban J connectivity index is 1.65. The largest absolute Gasteiger partial charge is 0.352 e. The second-order valence-electron chi connectivity index (χ2n) is 10.1. The number of hydrogen-bond donors (Lipinski definition) is 2. The number of hydrogen-bond acceptors (Lipinski definition) is 2. The van der Waals surface area contributed by atoms with E-state index < -0.39 is 0 Å². The number of rotatable bonds is 4. The number of fused-ring (bicyclic) bond motifs is 5. The molecule has 0 aromatic carbocycles. The Morgan fingerprint density at radius 3 is 2.78 bits per heavy atom. The molecular weight excluding hydrogens is 336 g/mol. The molecule has 1 aliphatic heterocycles. The Bertz CT molecular complexity index is 657. The fraction of sp³-hybridized carbons (Fsp3) is 0.826. The number of amides is 2. The minimum atomic E-state index is -0.225. The molecule has 0 spiro atoms. The first kappa shape index (κ1) is 19.0. The van der Waals surface area contributed by atoms with E-state index in [0.29, 0.717) is 23.8 Å². The van der Waals surface area contributed by atoms with Gasteiger partial charge in [-0.2, -0.15) is 0 Å². The van der Waals surface area contributed by atoms with Crippen LogP contribution >= 0.6 is 0 Å². The molecule has 1 heterocycles. The highest BCUT2D eigenvalue weighted by Gasteiger charge is 2.60. The molecule has 3 fully saturated rings. The quantitative estimate of drug-likeness (QED) is 0.734.